The molecule has 1 unspecified atom stereocenters. The average molecular weight is 267 g/mol. The van der Waals surface area contributed by atoms with E-state index < -0.39 is 0 Å². The molecule has 1 aromatic heterocycles. The van der Waals surface area contributed by atoms with Gasteiger partial charge in [-0.15, -0.1) is 10.2 Å². The number of nitrogens with one attached hydrogen (secondary N) is 1. The summed E-state index contributed by atoms with van der Waals surface area (Å²) in [5.74, 6) is 2.06. The van der Waals surface area contributed by atoms with Crippen molar-refractivity contribution in [3.63, 3.8) is 0 Å². The summed E-state index contributed by atoms with van der Waals surface area (Å²) in [6, 6.07) is 0. The molecule has 0 aromatic carbocycles. The first kappa shape index (κ1) is 13.4. The lowest BCUT2D eigenvalue weighted by Gasteiger charge is -2.35. The molecule has 0 radical (unpaired) electrons. The first-order valence-corrected chi connectivity index (χ1v) is 7.47. The van der Waals surface area contributed by atoms with Gasteiger partial charge in [-0.3, -0.25) is 4.99 Å². The molecule has 1 fully saturated rings. The second-order valence-corrected chi connectivity index (χ2v) is 5.88. The monoisotopic (exact) mass is 267 g/mol. The van der Waals surface area contributed by atoms with Crippen molar-refractivity contribution in [2.24, 2.45) is 4.99 Å². The molecule has 1 saturated heterocycles. The van der Waals surface area contributed by atoms with Gasteiger partial charge in [-0.25, -0.2) is 0 Å². The fourth-order valence-electron chi connectivity index (χ4n) is 1.89. The number of thioether (sulfide) groups is 1. The highest BCUT2D eigenvalue weighted by atomic mass is 32.2. The summed E-state index contributed by atoms with van der Waals surface area (Å²) in [5, 5.41) is 12.6. The Balaban J connectivity index is 2.01. The van der Waals surface area contributed by atoms with Gasteiger partial charge >= 0.3 is 0 Å². The predicted octanol–water partition coefficient (Wildman–Crippen LogP) is 2.05. The van der Waals surface area contributed by atoms with Crippen LogP contribution in [0.2, 0.25) is 0 Å². The van der Waals surface area contributed by atoms with Crippen LogP contribution in [-0.4, -0.2) is 31.2 Å². The number of nitrogens with zero attached hydrogens (tertiary/aromatic N) is 4. The summed E-state index contributed by atoms with van der Waals surface area (Å²) in [7, 11) is 0. The maximum Gasteiger partial charge on any atom is 0.157 e. The molecule has 100 valence electrons. The van der Waals surface area contributed by atoms with Gasteiger partial charge in [-0.2, -0.15) is 0 Å². The molecule has 0 spiro atoms. The van der Waals surface area contributed by atoms with Crippen molar-refractivity contribution in [1.82, 2.24) is 20.1 Å². The van der Waals surface area contributed by atoms with Crippen LogP contribution in [0, 0.1) is 0 Å². The second-order valence-electron chi connectivity index (χ2n) is 4.79. The van der Waals surface area contributed by atoms with E-state index in [1.807, 2.05) is 4.57 Å². The molecule has 2 rings (SSSR count). The zero-order valence-electron chi connectivity index (χ0n) is 11.3. The Morgan fingerprint density at radius 3 is 3.11 bits per heavy atom. The smallest absolute Gasteiger partial charge is 0.157 e. The highest BCUT2D eigenvalue weighted by Crippen LogP contribution is 2.24. The van der Waals surface area contributed by atoms with E-state index in [0.717, 1.165) is 29.7 Å². The van der Waals surface area contributed by atoms with E-state index in [1.165, 1.54) is 6.42 Å². The lowest BCUT2D eigenvalue weighted by atomic mass is 9.96. The standard InChI is InChI=1S/C12H21N5S/c1-4-12(3)6-7-18-11(15-12)13-8-10-16-14-9-17(10)5-2/h9H,4-8H2,1-3H3,(H,13,15). The van der Waals surface area contributed by atoms with Crippen LogP contribution in [0.4, 0.5) is 0 Å². The predicted molar refractivity (Wildman–Crippen MR) is 75.7 cm³/mol. The molecule has 1 atom stereocenters. The van der Waals surface area contributed by atoms with Crippen molar-refractivity contribution in [2.75, 3.05) is 5.75 Å². The van der Waals surface area contributed by atoms with Gasteiger partial charge in [0.25, 0.3) is 0 Å². The molecule has 1 aliphatic rings. The van der Waals surface area contributed by atoms with Gasteiger partial charge in [0.2, 0.25) is 0 Å². The van der Waals surface area contributed by atoms with E-state index in [4.69, 9.17) is 0 Å². The number of aliphatic imine (C=N–C) groups is 1. The highest BCUT2D eigenvalue weighted by molar-refractivity contribution is 8.13. The van der Waals surface area contributed by atoms with Gasteiger partial charge in [-0.05, 0) is 26.7 Å². The summed E-state index contributed by atoms with van der Waals surface area (Å²) in [6.07, 6.45) is 4.07. The van der Waals surface area contributed by atoms with E-state index in [9.17, 15) is 0 Å². The first-order chi connectivity index (χ1) is 8.67. The van der Waals surface area contributed by atoms with Gasteiger partial charge in [-0.1, -0.05) is 18.7 Å². The SMILES string of the molecule is CCn1cnnc1CN=C1NC(C)(CC)CCS1. The molecule has 0 amide bonds. The zero-order valence-corrected chi connectivity index (χ0v) is 12.1. The van der Waals surface area contributed by atoms with Crippen LogP contribution in [0.3, 0.4) is 0 Å². The van der Waals surface area contributed by atoms with E-state index in [0.29, 0.717) is 6.54 Å². The number of hydrogen-bond acceptors (Lipinski definition) is 4. The van der Waals surface area contributed by atoms with Gasteiger partial charge < -0.3 is 9.88 Å². The molecule has 0 aliphatic carbocycles. The molecule has 1 aromatic rings. The Morgan fingerprint density at radius 1 is 1.56 bits per heavy atom. The van der Waals surface area contributed by atoms with Crippen LogP contribution in [0.25, 0.3) is 0 Å². The Morgan fingerprint density at radius 2 is 2.39 bits per heavy atom. The fourth-order valence-corrected chi connectivity index (χ4v) is 3.11. The van der Waals surface area contributed by atoms with E-state index in [-0.39, 0.29) is 5.54 Å². The van der Waals surface area contributed by atoms with Crippen LogP contribution < -0.4 is 5.32 Å². The van der Waals surface area contributed by atoms with E-state index in [1.54, 1.807) is 18.1 Å². The normalized spacial score (nSPS) is 26.3. The minimum atomic E-state index is 0.197. The van der Waals surface area contributed by atoms with Crippen LogP contribution in [0.15, 0.2) is 11.3 Å². The van der Waals surface area contributed by atoms with Crippen LogP contribution in [0.5, 0.6) is 0 Å². The number of aryl methyl sites for hydroxylation is 1. The zero-order chi connectivity index (χ0) is 13.0. The molecule has 1 N–H and O–H groups in total. The number of aromatic nitrogens is 3. The first-order valence-electron chi connectivity index (χ1n) is 6.49. The minimum absolute atomic E-state index is 0.197. The molecule has 5 nitrogen and oxygen atoms in total. The van der Waals surface area contributed by atoms with Crippen molar-refractivity contribution in [3.8, 4) is 0 Å². The Hall–Kier alpha value is -1.04. The van der Waals surface area contributed by atoms with Crippen molar-refractivity contribution in [2.45, 2.75) is 52.2 Å². The number of amidine groups is 1. The van der Waals surface area contributed by atoms with Gasteiger partial charge in [0, 0.05) is 17.8 Å². The van der Waals surface area contributed by atoms with Crippen LogP contribution in [-0.2, 0) is 13.1 Å². The summed E-state index contributed by atoms with van der Waals surface area (Å²) in [6.45, 7) is 8.05. The quantitative estimate of drug-likeness (QED) is 0.907. The Kier molecular flexibility index (Phi) is 4.27. The molecule has 0 saturated carbocycles. The third-order valence-corrected chi connectivity index (χ3v) is 4.40. The highest BCUT2D eigenvalue weighted by Gasteiger charge is 2.27. The molecular weight excluding hydrogens is 246 g/mol. The number of rotatable bonds is 4. The maximum absolute atomic E-state index is 4.62. The third kappa shape index (κ3) is 3.04. The molecule has 18 heavy (non-hydrogen) atoms. The lowest BCUT2D eigenvalue weighted by molar-refractivity contribution is 0.389. The van der Waals surface area contributed by atoms with Crippen molar-refractivity contribution in [1.29, 1.82) is 0 Å². The Labute approximate surface area is 112 Å². The molecular formula is C12H21N5S. The molecule has 6 heteroatoms. The fraction of sp³-hybridized carbons (Fsp3) is 0.750. The molecule has 2 heterocycles. The van der Waals surface area contributed by atoms with E-state index in [2.05, 4.69) is 41.3 Å². The number of hydrogen-bond donors (Lipinski definition) is 1. The third-order valence-electron chi connectivity index (χ3n) is 3.48. The minimum Gasteiger partial charge on any atom is -0.360 e. The summed E-state index contributed by atoms with van der Waals surface area (Å²) < 4.78 is 2.02. The van der Waals surface area contributed by atoms with Crippen molar-refractivity contribution in [3.05, 3.63) is 12.2 Å². The van der Waals surface area contributed by atoms with Gasteiger partial charge in [0.15, 0.2) is 11.0 Å². The summed E-state index contributed by atoms with van der Waals surface area (Å²) in [5.41, 5.74) is 0.197. The maximum atomic E-state index is 4.62. The molecule has 1 aliphatic heterocycles. The van der Waals surface area contributed by atoms with Crippen molar-refractivity contribution < 1.29 is 0 Å². The van der Waals surface area contributed by atoms with Crippen LogP contribution >= 0.6 is 11.8 Å². The summed E-state index contributed by atoms with van der Waals surface area (Å²) >= 11 is 1.80. The second kappa shape index (κ2) is 5.73. The van der Waals surface area contributed by atoms with Gasteiger partial charge in [0.1, 0.15) is 12.9 Å². The molecule has 0 bridgehead atoms. The Bertz CT molecular complexity index is 428. The van der Waals surface area contributed by atoms with Crippen molar-refractivity contribution >= 4 is 16.9 Å². The van der Waals surface area contributed by atoms with E-state index >= 15 is 0 Å². The van der Waals surface area contributed by atoms with Crippen LogP contribution in [0.1, 0.15) is 39.4 Å². The average Bonchev–Trinajstić information content (AvgIpc) is 2.84. The largest absolute Gasteiger partial charge is 0.360 e. The van der Waals surface area contributed by atoms with Gasteiger partial charge in [0.05, 0.1) is 0 Å². The topological polar surface area (TPSA) is 55.1 Å². The summed E-state index contributed by atoms with van der Waals surface area (Å²) in [4.78, 5) is 4.62. The lowest BCUT2D eigenvalue weighted by Crippen LogP contribution is -2.48.